The van der Waals surface area contributed by atoms with Crippen LogP contribution >= 0.6 is 0 Å². The second-order valence-corrected chi connectivity index (χ2v) is 2.35. The van der Waals surface area contributed by atoms with Crippen molar-refractivity contribution in [3.63, 3.8) is 0 Å². The second-order valence-electron chi connectivity index (χ2n) is 2.35. The third kappa shape index (κ3) is 57.2. The average Bonchev–Trinajstić information content (AvgIpc) is 2.12. The van der Waals surface area contributed by atoms with Gasteiger partial charge in [-0.2, -0.15) is 0 Å². The third-order valence-electron chi connectivity index (χ3n) is 1.04. The lowest BCUT2D eigenvalue weighted by Crippen LogP contribution is -2.30. The Labute approximate surface area is 94.6 Å². The fraction of sp³-hybridized carbons (Fsp3) is 0.800. The summed E-state index contributed by atoms with van der Waals surface area (Å²) < 4.78 is 0. The Balaban J connectivity index is -0.000000205. The van der Waals surface area contributed by atoms with Crippen LogP contribution in [0.15, 0.2) is 0 Å². The summed E-state index contributed by atoms with van der Waals surface area (Å²) in [7, 11) is 0. The SMILES string of the molecule is NCCC[C@H](N)C(=O)O.O=[N+]([O-])O.O=[N+]([O-])O. The summed E-state index contributed by atoms with van der Waals surface area (Å²) in [6.07, 6.45) is 1.14. The molecule has 0 saturated carbocycles. The third-order valence-corrected chi connectivity index (χ3v) is 1.04. The largest absolute Gasteiger partial charge is 0.480 e. The van der Waals surface area contributed by atoms with E-state index in [0.717, 1.165) is 0 Å². The Kier molecular flexibility index (Phi) is 16.4. The molecule has 0 aliphatic rings. The van der Waals surface area contributed by atoms with Crippen LogP contribution in [0, 0.1) is 20.2 Å². The molecule has 12 heteroatoms. The molecule has 0 aromatic heterocycles. The van der Waals surface area contributed by atoms with Gasteiger partial charge in [0.25, 0.3) is 10.2 Å². The Morgan fingerprint density at radius 2 is 1.53 bits per heavy atom. The topological polar surface area (TPSA) is 216 Å². The van der Waals surface area contributed by atoms with E-state index in [-0.39, 0.29) is 0 Å². The van der Waals surface area contributed by atoms with Crippen LogP contribution in [-0.2, 0) is 4.79 Å². The number of nitrogens with two attached hydrogens (primary N) is 2. The smallest absolute Gasteiger partial charge is 0.320 e. The van der Waals surface area contributed by atoms with E-state index in [0.29, 0.717) is 19.4 Å². The van der Waals surface area contributed by atoms with Gasteiger partial charge in [0.2, 0.25) is 0 Å². The molecular formula is C5H14N4O8. The second kappa shape index (κ2) is 13.8. The molecule has 17 heavy (non-hydrogen) atoms. The zero-order valence-electron chi connectivity index (χ0n) is 8.63. The molecule has 0 saturated heterocycles. The molecule has 0 heterocycles. The summed E-state index contributed by atoms with van der Waals surface area (Å²) in [5, 5.41) is 35.5. The first-order valence-electron chi connectivity index (χ1n) is 4.00. The van der Waals surface area contributed by atoms with Gasteiger partial charge >= 0.3 is 5.97 Å². The van der Waals surface area contributed by atoms with Crippen molar-refractivity contribution in [3.8, 4) is 0 Å². The van der Waals surface area contributed by atoms with Gasteiger partial charge < -0.3 is 27.0 Å². The van der Waals surface area contributed by atoms with E-state index in [1.165, 1.54) is 0 Å². The summed E-state index contributed by atoms with van der Waals surface area (Å²) in [5.41, 5.74) is 10.3. The Morgan fingerprint density at radius 1 is 1.24 bits per heavy atom. The first kappa shape index (κ1) is 20.2. The lowest BCUT2D eigenvalue weighted by atomic mass is 10.2. The zero-order valence-corrected chi connectivity index (χ0v) is 8.63. The van der Waals surface area contributed by atoms with Crippen LogP contribution in [0.2, 0.25) is 0 Å². The van der Waals surface area contributed by atoms with Crippen molar-refractivity contribution >= 4 is 5.97 Å². The number of carboxylic acids is 1. The van der Waals surface area contributed by atoms with E-state index in [9.17, 15) is 4.79 Å². The monoisotopic (exact) mass is 258 g/mol. The first-order valence-corrected chi connectivity index (χ1v) is 4.00. The summed E-state index contributed by atoms with van der Waals surface area (Å²) in [6.45, 7) is 0.501. The van der Waals surface area contributed by atoms with Crippen LogP contribution in [-0.4, -0.2) is 44.3 Å². The lowest BCUT2D eigenvalue weighted by molar-refractivity contribution is -0.742. The van der Waals surface area contributed by atoms with Gasteiger partial charge in [-0.05, 0) is 19.4 Å². The molecule has 0 aliphatic carbocycles. The maximum atomic E-state index is 10.0. The normalized spacial score (nSPS) is 9.76. The average molecular weight is 258 g/mol. The Bertz CT molecular complexity index is 214. The van der Waals surface area contributed by atoms with Crippen molar-refractivity contribution in [3.05, 3.63) is 20.2 Å². The van der Waals surface area contributed by atoms with E-state index in [1.807, 2.05) is 0 Å². The van der Waals surface area contributed by atoms with Gasteiger partial charge in [-0.25, -0.2) is 0 Å². The van der Waals surface area contributed by atoms with Crippen molar-refractivity contribution in [2.24, 2.45) is 11.5 Å². The minimum atomic E-state index is -1.50. The molecule has 0 unspecified atom stereocenters. The molecule has 102 valence electrons. The molecule has 0 rings (SSSR count). The van der Waals surface area contributed by atoms with E-state index >= 15 is 0 Å². The van der Waals surface area contributed by atoms with E-state index < -0.39 is 22.2 Å². The minimum absolute atomic E-state index is 0.464. The minimum Gasteiger partial charge on any atom is -0.480 e. The van der Waals surface area contributed by atoms with Gasteiger partial charge in [0.15, 0.2) is 0 Å². The number of carboxylic acid groups (broad SMARTS) is 1. The van der Waals surface area contributed by atoms with Crippen molar-refractivity contribution in [2.45, 2.75) is 18.9 Å². The molecule has 0 aromatic carbocycles. The fourth-order valence-corrected chi connectivity index (χ4v) is 0.461. The summed E-state index contributed by atoms with van der Waals surface area (Å²) in [5.74, 6) is -0.955. The van der Waals surface area contributed by atoms with Crippen molar-refractivity contribution in [2.75, 3.05) is 6.54 Å². The maximum Gasteiger partial charge on any atom is 0.320 e. The van der Waals surface area contributed by atoms with Gasteiger partial charge in [-0.1, -0.05) is 0 Å². The number of aliphatic carboxylic acids is 1. The first-order chi connectivity index (χ1) is 7.64. The molecule has 1 atom stereocenters. The lowest BCUT2D eigenvalue weighted by Gasteiger charge is -2.02. The number of nitrogens with zero attached hydrogens (tertiary/aromatic N) is 2. The van der Waals surface area contributed by atoms with E-state index in [2.05, 4.69) is 0 Å². The summed E-state index contributed by atoms with van der Waals surface area (Å²) >= 11 is 0. The molecular weight excluding hydrogens is 244 g/mol. The van der Waals surface area contributed by atoms with Gasteiger partial charge in [0.05, 0.1) is 0 Å². The van der Waals surface area contributed by atoms with Crippen LogP contribution in [0.25, 0.3) is 0 Å². The van der Waals surface area contributed by atoms with Crippen LogP contribution < -0.4 is 11.5 Å². The predicted octanol–water partition coefficient (Wildman–Crippen LogP) is -1.56. The Hall–Kier alpha value is -2.21. The molecule has 12 nitrogen and oxygen atoms in total. The predicted molar refractivity (Wildman–Crippen MR) is 51.5 cm³/mol. The van der Waals surface area contributed by atoms with Crippen LogP contribution in [0.5, 0.6) is 0 Å². The number of rotatable bonds is 4. The highest BCUT2D eigenvalue weighted by Crippen LogP contribution is 1.91. The van der Waals surface area contributed by atoms with Crippen molar-refractivity contribution in [1.82, 2.24) is 0 Å². The molecule has 0 aromatic rings. The molecule has 0 fully saturated rings. The van der Waals surface area contributed by atoms with E-state index in [4.69, 9.17) is 47.2 Å². The van der Waals surface area contributed by atoms with Crippen LogP contribution in [0.4, 0.5) is 0 Å². The number of hydrogen-bond donors (Lipinski definition) is 5. The quantitative estimate of drug-likeness (QED) is 0.288. The molecule has 0 radical (unpaired) electrons. The summed E-state index contributed by atoms with van der Waals surface area (Å²) in [6, 6.07) is -0.742. The highest BCUT2D eigenvalue weighted by atomic mass is 16.9. The van der Waals surface area contributed by atoms with Gasteiger partial charge in [-0.15, -0.1) is 20.2 Å². The van der Waals surface area contributed by atoms with Crippen LogP contribution in [0.1, 0.15) is 12.8 Å². The highest BCUT2D eigenvalue weighted by molar-refractivity contribution is 5.72. The zero-order chi connectivity index (χ0) is 14.4. The highest BCUT2D eigenvalue weighted by Gasteiger charge is 2.08. The standard InChI is InChI=1S/C5H12N2O2.2HNO3/c6-3-1-2-4(7)5(8)9;2*2-1(3)4/h4H,1-3,6-7H2,(H,8,9);2*(H,2,3,4)/t4-;;/m0../s1. The number of carbonyl (C=O) groups is 1. The molecule has 0 aliphatic heterocycles. The van der Waals surface area contributed by atoms with Gasteiger partial charge in [-0.3, -0.25) is 4.79 Å². The van der Waals surface area contributed by atoms with E-state index in [1.54, 1.807) is 0 Å². The van der Waals surface area contributed by atoms with Gasteiger partial charge in [0, 0.05) is 0 Å². The van der Waals surface area contributed by atoms with Crippen LogP contribution in [0.3, 0.4) is 0 Å². The van der Waals surface area contributed by atoms with Crippen molar-refractivity contribution in [1.29, 1.82) is 0 Å². The summed E-state index contributed by atoms with van der Waals surface area (Å²) in [4.78, 5) is 26.8. The molecule has 7 N–H and O–H groups in total. The number of hydrogen-bond acceptors (Lipinski definition) is 7. The fourth-order valence-electron chi connectivity index (χ4n) is 0.461. The molecule has 0 spiro atoms. The van der Waals surface area contributed by atoms with Crippen molar-refractivity contribution < 1.29 is 30.5 Å². The van der Waals surface area contributed by atoms with Gasteiger partial charge in [0.1, 0.15) is 6.04 Å². The maximum absolute atomic E-state index is 10.0. The Morgan fingerprint density at radius 3 is 1.71 bits per heavy atom. The molecule has 0 bridgehead atoms. The molecule has 0 amide bonds.